The van der Waals surface area contributed by atoms with Crippen molar-refractivity contribution in [3.8, 4) is 11.5 Å². The van der Waals surface area contributed by atoms with Gasteiger partial charge in [0.05, 0.1) is 19.5 Å². The maximum Gasteiger partial charge on any atom is 1.00 e. The second-order valence-corrected chi connectivity index (χ2v) is 4.03. The van der Waals surface area contributed by atoms with Crippen molar-refractivity contribution in [2.24, 2.45) is 0 Å². The molecule has 2 nitrogen and oxygen atoms in total. The summed E-state index contributed by atoms with van der Waals surface area (Å²) in [5.41, 5.74) is 0.0960. The zero-order valence-corrected chi connectivity index (χ0v) is 14.5. The SMILES string of the molecule is C=C(C)CCOc1ccc(OC)cc1[B-](F)(F)F.[K+]. The number of halogens is 3. The van der Waals surface area contributed by atoms with Crippen LogP contribution in [0.2, 0.25) is 0 Å². The Kier molecular flexibility index (Phi) is 8.39. The van der Waals surface area contributed by atoms with Crippen molar-refractivity contribution in [1.29, 1.82) is 0 Å². The molecule has 0 N–H and O–H groups in total. The van der Waals surface area contributed by atoms with Crippen LogP contribution in [0.4, 0.5) is 12.9 Å². The van der Waals surface area contributed by atoms with E-state index in [1.807, 2.05) is 0 Å². The molecule has 0 radical (unpaired) electrons. The van der Waals surface area contributed by atoms with Crippen molar-refractivity contribution >= 4 is 12.4 Å². The number of benzene rings is 1. The fourth-order valence-corrected chi connectivity index (χ4v) is 1.38. The molecule has 0 aliphatic carbocycles. The largest absolute Gasteiger partial charge is 1.00 e. The van der Waals surface area contributed by atoms with Crippen LogP contribution in [0.3, 0.4) is 0 Å². The standard InChI is InChI=1S/C12H15BF3O2.K/c1-9(2)6-7-18-12-5-4-10(17-3)8-11(12)13(14,15)16;/h4-5,8H,1,6-7H2,2-3H3;/q-1;+1. The summed E-state index contributed by atoms with van der Waals surface area (Å²) in [5.74, 6) is 0.000927. The molecule has 0 unspecified atom stereocenters. The summed E-state index contributed by atoms with van der Waals surface area (Å²) >= 11 is 0. The maximum absolute atomic E-state index is 12.9. The summed E-state index contributed by atoms with van der Waals surface area (Å²) in [6.45, 7) is 0.521. The Morgan fingerprint density at radius 1 is 1.32 bits per heavy atom. The van der Waals surface area contributed by atoms with Gasteiger partial charge in [0.15, 0.2) is 0 Å². The van der Waals surface area contributed by atoms with Gasteiger partial charge in [-0.05, 0) is 25.1 Å². The normalized spacial score (nSPS) is 10.6. The van der Waals surface area contributed by atoms with Gasteiger partial charge in [0.1, 0.15) is 5.75 Å². The van der Waals surface area contributed by atoms with Gasteiger partial charge in [-0.1, -0.05) is 11.0 Å². The van der Waals surface area contributed by atoms with Crippen molar-refractivity contribution in [2.75, 3.05) is 13.7 Å². The minimum atomic E-state index is -5.12. The van der Waals surface area contributed by atoms with Crippen LogP contribution in [0.5, 0.6) is 11.5 Å². The van der Waals surface area contributed by atoms with Crippen molar-refractivity contribution in [3.63, 3.8) is 0 Å². The zero-order valence-electron chi connectivity index (χ0n) is 11.4. The first kappa shape index (κ1) is 19.1. The summed E-state index contributed by atoms with van der Waals surface area (Å²) < 4.78 is 48.5. The summed E-state index contributed by atoms with van der Waals surface area (Å²) in [4.78, 5) is 0. The smallest absolute Gasteiger partial charge is 0.497 e. The third kappa shape index (κ3) is 6.36. The van der Waals surface area contributed by atoms with Crippen LogP contribution in [-0.4, -0.2) is 20.7 Å². The van der Waals surface area contributed by atoms with Crippen LogP contribution in [0.25, 0.3) is 0 Å². The van der Waals surface area contributed by atoms with Gasteiger partial charge in [0.25, 0.3) is 0 Å². The predicted molar refractivity (Wildman–Crippen MR) is 66.6 cm³/mol. The predicted octanol–water partition coefficient (Wildman–Crippen LogP) is 0.0986. The Bertz CT molecular complexity index is 435. The molecule has 19 heavy (non-hydrogen) atoms. The summed E-state index contributed by atoms with van der Waals surface area (Å²) in [6.07, 6.45) is 0.524. The molecular formula is C12H15BF3KO2. The number of methoxy groups -OCH3 is 1. The maximum atomic E-state index is 12.9. The molecule has 0 fully saturated rings. The van der Waals surface area contributed by atoms with Gasteiger partial charge in [-0.3, -0.25) is 0 Å². The van der Waals surface area contributed by atoms with E-state index in [9.17, 15) is 12.9 Å². The minimum Gasteiger partial charge on any atom is -0.497 e. The van der Waals surface area contributed by atoms with E-state index in [0.29, 0.717) is 6.42 Å². The first-order valence-corrected chi connectivity index (χ1v) is 5.49. The molecule has 0 saturated carbocycles. The summed E-state index contributed by atoms with van der Waals surface area (Å²) in [6, 6.07) is 3.68. The van der Waals surface area contributed by atoms with E-state index in [1.54, 1.807) is 6.92 Å². The van der Waals surface area contributed by atoms with Crippen molar-refractivity contribution < 1.29 is 73.8 Å². The minimum absolute atomic E-state index is 0. The molecule has 7 heteroatoms. The molecule has 0 aromatic heterocycles. The monoisotopic (exact) mass is 298 g/mol. The fraction of sp³-hybridized carbons (Fsp3) is 0.333. The quantitative estimate of drug-likeness (QED) is 0.548. The number of rotatable bonds is 6. The number of ether oxygens (including phenoxy) is 2. The zero-order chi connectivity index (χ0) is 13.8. The number of hydrogen-bond donors (Lipinski definition) is 0. The Morgan fingerprint density at radius 2 is 1.95 bits per heavy atom. The first-order chi connectivity index (χ1) is 8.34. The molecule has 1 aromatic carbocycles. The van der Waals surface area contributed by atoms with Gasteiger partial charge in [0, 0.05) is 6.42 Å². The topological polar surface area (TPSA) is 18.5 Å². The van der Waals surface area contributed by atoms with Crippen LogP contribution in [-0.2, 0) is 0 Å². The van der Waals surface area contributed by atoms with Gasteiger partial charge >= 0.3 is 58.4 Å². The Balaban J connectivity index is 0.00000324. The van der Waals surface area contributed by atoms with Crippen molar-refractivity contribution in [2.45, 2.75) is 13.3 Å². The summed E-state index contributed by atoms with van der Waals surface area (Å²) in [5, 5.41) is 0. The molecule has 0 bridgehead atoms. The van der Waals surface area contributed by atoms with E-state index in [0.717, 1.165) is 11.6 Å². The van der Waals surface area contributed by atoms with Gasteiger partial charge in [-0.2, -0.15) is 0 Å². The number of hydrogen-bond acceptors (Lipinski definition) is 2. The van der Waals surface area contributed by atoms with Gasteiger partial charge < -0.3 is 22.4 Å². The Hall–Kier alpha value is 0.0513. The van der Waals surface area contributed by atoms with Crippen LogP contribution in [0.1, 0.15) is 13.3 Å². The van der Waals surface area contributed by atoms with Crippen LogP contribution in [0.15, 0.2) is 30.4 Å². The van der Waals surface area contributed by atoms with Gasteiger partial charge in [0.2, 0.25) is 0 Å². The van der Waals surface area contributed by atoms with E-state index in [1.165, 1.54) is 19.2 Å². The van der Waals surface area contributed by atoms with Crippen molar-refractivity contribution in [3.05, 3.63) is 30.4 Å². The van der Waals surface area contributed by atoms with Gasteiger partial charge in [-0.15, -0.1) is 6.58 Å². The molecule has 100 valence electrons. The molecule has 1 rings (SSSR count). The van der Waals surface area contributed by atoms with E-state index in [-0.39, 0.29) is 69.5 Å². The fourth-order valence-electron chi connectivity index (χ4n) is 1.38. The molecule has 0 spiro atoms. The third-order valence-electron chi connectivity index (χ3n) is 2.36. The third-order valence-corrected chi connectivity index (χ3v) is 2.36. The van der Waals surface area contributed by atoms with E-state index in [4.69, 9.17) is 9.47 Å². The molecule has 0 heterocycles. The van der Waals surface area contributed by atoms with Gasteiger partial charge in [-0.25, -0.2) is 0 Å². The second-order valence-electron chi connectivity index (χ2n) is 4.03. The molecule has 0 atom stereocenters. The molecule has 0 aliphatic rings. The Labute approximate surface area is 153 Å². The molecule has 0 saturated heterocycles. The van der Waals surface area contributed by atoms with E-state index < -0.39 is 12.4 Å². The van der Waals surface area contributed by atoms with Crippen LogP contribution < -0.4 is 66.3 Å². The first-order valence-electron chi connectivity index (χ1n) is 5.49. The average Bonchev–Trinajstić information content (AvgIpc) is 2.27. The molecule has 0 aliphatic heterocycles. The average molecular weight is 298 g/mol. The van der Waals surface area contributed by atoms with E-state index in [2.05, 4.69) is 6.58 Å². The molecule has 0 amide bonds. The van der Waals surface area contributed by atoms with E-state index >= 15 is 0 Å². The van der Waals surface area contributed by atoms with Crippen molar-refractivity contribution in [1.82, 2.24) is 0 Å². The summed E-state index contributed by atoms with van der Waals surface area (Å²) in [7, 11) is 1.32. The molecular weight excluding hydrogens is 283 g/mol. The van der Waals surface area contributed by atoms with Crippen LogP contribution in [0, 0.1) is 0 Å². The molecule has 1 aromatic rings. The Morgan fingerprint density at radius 3 is 2.42 bits per heavy atom. The van der Waals surface area contributed by atoms with Crippen LogP contribution >= 0.6 is 0 Å². The second kappa shape index (κ2) is 8.36.